The predicted octanol–water partition coefficient (Wildman–Crippen LogP) is 3.28. The number of piperidine rings is 1. The minimum atomic E-state index is 0.0102. The number of hydrogen-bond donors (Lipinski definition) is 1. The van der Waals surface area contributed by atoms with Gasteiger partial charge in [-0.2, -0.15) is 0 Å². The van der Waals surface area contributed by atoms with Crippen molar-refractivity contribution in [3.63, 3.8) is 0 Å². The van der Waals surface area contributed by atoms with Crippen LogP contribution in [0.5, 0.6) is 0 Å². The highest BCUT2D eigenvalue weighted by Gasteiger charge is 2.23. The zero-order chi connectivity index (χ0) is 19.0. The molecule has 0 unspecified atom stereocenters. The van der Waals surface area contributed by atoms with Gasteiger partial charge in [0.05, 0.1) is 17.8 Å². The Morgan fingerprint density at radius 3 is 2.78 bits per heavy atom. The smallest absolute Gasteiger partial charge is 0.255 e. The first-order valence-corrected chi connectivity index (χ1v) is 10.2. The second kappa shape index (κ2) is 7.50. The Kier molecular flexibility index (Phi) is 5.08. The molecule has 146 valence electrons. The van der Waals surface area contributed by atoms with E-state index < -0.39 is 0 Å². The molecule has 0 spiro atoms. The number of H-pyrrole nitrogens is 1. The van der Waals surface area contributed by atoms with Crippen molar-refractivity contribution >= 4 is 5.88 Å². The summed E-state index contributed by atoms with van der Waals surface area (Å²) in [5, 5.41) is 0. The van der Waals surface area contributed by atoms with Gasteiger partial charge in [-0.3, -0.25) is 9.69 Å². The molecule has 2 aliphatic heterocycles. The lowest BCUT2D eigenvalue weighted by Gasteiger charge is -2.30. The van der Waals surface area contributed by atoms with Gasteiger partial charge in [-0.25, -0.2) is 4.98 Å². The van der Waals surface area contributed by atoms with Crippen molar-refractivity contribution in [3.8, 4) is 0 Å². The first-order valence-electron chi connectivity index (χ1n) is 10.2. The molecule has 0 radical (unpaired) electrons. The van der Waals surface area contributed by atoms with Crippen LogP contribution in [-0.4, -0.2) is 34.5 Å². The Morgan fingerprint density at radius 1 is 1.26 bits per heavy atom. The molecule has 6 nitrogen and oxygen atoms in total. The van der Waals surface area contributed by atoms with E-state index in [0.717, 1.165) is 67.2 Å². The zero-order valence-electron chi connectivity index (χ0n) is 16.6. The number of hydrogen-bond acceptors (Lipinski definition) is 5. The number of anilines is 1. The maximum absolute atomic E-state index is 12.5. The molecule has 4 heterocycles. The van der Waals surface area contributed by atoms with Gasteiger partial charge in [0, 0.05) is 44.6 Å². The Morgan fingerprint density at radius 2 is 2.04 bits per heavy atom. The van der Waals surface area contributed by atoms with Gasteiger partial charge in [0.15, 0.2) is 5.88 Å². The third kappa shape index (κ3) is 3.95. The third-order valence-corrected chi connectivity index (χ3v) is 5.84. The van der Waals surface area contributed by atoms with Crippen molar-refractivity contribution in [1.82, 2.24) is 14.9 Å². The molecule has 0 atom stereocenters. The van der Waals surface area contributed by atoms with Crippen LogP contribution in [-0.2, 0) is 19.5 Å². The minimum Gasteiger partial charge on any atom is -0.444 e. The summed E-state index contributed by atoms with van der Waals surface area (Å²) in [5.41, 5.74) is 1.78. The highest BCUT2D eigenvalue weighted by Crippen LogP contribution is 2.26. The lowest BCUT2D eigenvalue weighted by Crippen LogP contribution is -2.35. The van der Waals surface area contributed by atoms with Crippen LogP contribution in [0.2, 0.25) is 0 Å². The fraction of sp³-hybridized carbons (Fsp3) is 0.619. The highest BCUT2D eigenvalue weighted by molar-refractivity contribution is 5.37. The van der Waals surface area contributed by atoms with Crippen LogP contribution in [0, 0.1) is 5.92 Å². The molecule has 2 aromatic rings. The molecule has 2 aromatic heterocycles. The molecule has 0 saturated carbocycles. The van der Waals surface area contributed by atoms with Crippen LogP contribution in [0.1, 0.15) is 62.4 Å². The van der Waals surface area contributed by atoms with Gasteiger partial charge < -0.3 is 14.3 Å². The summed E-state index contributed by atoms with van der Waals surface area (Å²) in [4.78, 5) is 24.7. The molecular weight excluding hydrogens is 340 g/mol. The maximum Gasteiger partial charge on any atom is 0.255 e. The fourth-order valence-corrected chi connectivity index (χ4v) is 3.98. The zero-order valence-corrected chi connectivity index (χ0v) is 16.6. The number of aromatic nitrogens is 2. The van der Waals surface area contributed by atoms with E-state index in [1.807, 2.05) is 0 Å². The normalized spacial score (nSPS) is 18.9. The largest absolute Gasteiger partial charge is 0.444 e. The van der Waals surface area contributed by atoms with Gasteiger partial charge in [0.25, 0.3) is 5.56 Å². The van der Waals surface area contributed by atoms with Crippen LogP contribution in [0.4, 0.5) is 5.88 Å². The number of nitrogens with zero attached hydrogens (tertiary/aromatic N) is 3. The van der Waals surface area contributed by atoms with Gasteiger partial charge >= 0.3 is 0 Å². The van der Waals surface area contributed by atoms with E-state index in [1.165, 1.54) is 12.8 Å². The number of fused-ring (bicyclic) bond motifs is 1. The molecule has 0 amide bonds. The molecule has 1 saturated heterocycles. The minimum absolute atomic E-state index is 0.0102. The third-order valence-electron chi connectivity index (χ3n) is 5.84. The van der Waals surface area contributed by atoms with Crippen LogP contribution < -0.4 is 10.5 Å². The molecule has 27 heavy (non-hydrogen) atoms. The van der Waals surface area contributed by atoms with Gasteiger partial charge in [-0.15, -0.1) is 0 Å². The van der Waals surface area contributed by atoms with Crippen molar-refractivity contribution in [2.24, 2.45) is 5.92 Å². The second-order valence-corrected chi connectivity index (χ2v) is 8.40. The van der Waals surface area contributed by atoms with E-state index in [9.17, 15) is 4.79 Å². The Hall–Kier alpha value is -2.08. The molecule has 1 N–H and O–H groups in total. The van der Waals surface area contributed by atoms with E-state index in [1.54, 1.807) is 0 Å². The second-order valence-electron chi connectivity index (χ2n) is 8.40. The topological polar surface area (TPSA) is 65.4 Å². The van der Waals surface area contributed by atoms with Crippen molar-refractivity contribution in [1.29, 1.82) is 0 Å². The van der Waals surface area contributed by atoms with Gasteiger partial charge in [-0.1, -0.05) is 20.8 Å². The molecule has 0 aromatic carbocycles. The quantitative estimate of drug-likeness (QED) is 0.895. The summed E-state index contributed by atoms with van der Waals surface area (Å²) in [7, 11) is 0. The van der Waals surface area contributed by atoms with E-state index in [0.29, 0.717) is 6.54 Å². The van der Waals surface area contributed by atoms with Crippen molar-refractivity contribution in [2.45, 2.75) is 59.0 Å². The van der Waals surface area contributed by atoms with E-state index in [4.69, 9.17) is 4.42 Å². The number of nitrogens with one attached hydrogen (secondary N) is 1. The van der Waals surface area contributed by atoms with Gasteiger partial charge in [-0.05, 0) is 24.8 Å². The summed E-state index contributed by atoms with van der Waals surface area (Å²) in [6.45, 7) is 10.8. The molecule has 4 rings (SSSR count). The van der Waals surface area contributed by atoms with E-state index in [2.05, 4.69) is 52.7 Å². The lowest BCUT2D eigenvalue weighted by molar-refractivity contribution is 0.222. The number of aromatic amines is 1. The van der Waals surface area contributed by atoms with Crippen LogP contribution in [0.15, 0.2) is 21.3 Å². The predicted molar refractivity (Wildman–Crippen MR) is 106 cm³/mol. The Balaban J connectivity index is 1.43. The molecule has 1 fully saturated rings. The highest BCUT2D eigenvalue weighted by atomic mass is 16.4. The number of rotatable bonds is 4. The standard InChI is InChI=1S/C21H30N4O2/c1-14(2)20-22-18-8-9-24(13-17(18)21(26)23-20)12-16-4-5-19(27-16)25-10-6-15(3)7-11-25/h4-5,14-15H,6-13H2,1-3H3,(H,22,23,26). The molecule has 0 bridgehead atoms. The average molecular weight is 370 g/mol. The van der Waals surface area contributed by atoms with Gasteiger partial charge in [0.1, 0.15) is 11.6 Å². The van der Waals surface area contributed by atoms with Crippen molar-refractivity contribution in [3.05, 3.63) is 45.3 Å². The Labute approximate surface area is 160 Å². The molecule has 2 aliphatic rings. The monoisotopic (exact) mass is 370 g/mol. The van der Waals surface area contributed by atoms with E-state index >= 15 is 0 Å². The molecular formula is C21H30N4O2. The lowest BCUT2D eigenvalue weighted by atomic mass is 9.99. The Bertz CT molecular complexity index is 846. The van der Waals surface area contributed by atoms with E-state index in [-0.39, 0.29) is 11.5 Å². The first kappa shape index (κ1) is 18.3. The van der Waals surface area contributed by atoms with Crippen LogP contribution >= 0.6 is 0 Å². The molecule has 6 heteroatoms. The first-order chi connectivity index (χ1) is 13.0. The van der Waals surface area contributed by atoms with Crippen LogP contribution in [0.25, 0.3) is 0 Å². The average Bonchev–Trinajstić information content (AvgIpc) is 3.11. The van der Waals surface area contributed by atoms with Crippen LogP contribution in [0.3, 0.4) is 0 Å². The summed E-state index contributed by atoms with van der Waals surface area (Å²) in [6.07, 6.45) is 3.27. The summed E-state index contributed by atoms with van der Waals surface area (Å²) in [5.74, 6) is 3.79. The summed E-state index contributed by atoms with van der Waals surface area (Å²) in [6, 6.07) is 4.17. The SMILES string of the molecule is CC1CCN(c2ccc(CN3CCc4nc(C(C)C)[nH]c(=O)c4C3)o2)CC1. The van der Waals surface area contributed by atoms with Gasteiger partial charge in [0.2, 0.25) is 0 Å². The fourth-order valence-electron chi connectivity index (χ4n) is 3.98. The summed E-state index contributed by atoms with van der Waals surface area (Å²) < 4.78 is 6.11. The van der Waals surface area contributed by atoms with Crippen molar-refractivity contribution in [2.75, 3.05) is 24.5 Å². The molecule has 0 aliphatic carbocycles. The van der Waals surface area contributed by atoms with Crippen molar-refractivity contribution < 1.29 is 4.42 Å². The summed E-state index contributed by atoms with van der Waals surface area (Å²) >= 11 is 0. The number of furan rings is 1. The maximum atomic E-state index is 12.5.